The maximum Gasteiger partial charge on any atom is 0.305 e. The standard InChI is InChI=1S/C18H23N3O3S/c1-2-24-16(22)6-4-3-5-9-20-18(23)15-11-13-10-12(17(19)25)7-8-14(13)21-15/h7-8,10-11,21H,2-6,9H2,1H3,(H2,19,25)(H,20,23). The topological polar surface area (TPSA) is 97.2 Å². The molecule has 4 N–H and O–H groups in total. The van der Waals surface area contributed by atoms with Gasteiger partial charge in [-0.3, -0.25) is 9.59 Å². The van der Waals surface area contributed by atoms with Crippen LogP contribution in [-0.4, -0.2) is 35.0 Å². The smallest absolute Gasteiger partial charge is 0.305 e. The first-order valence-corrected chi connectivity index (χ1v) is 8.78. The summed E-state index contributed by atoms with van der Waals surface area (Å²) >= 11 is 4.97. The molecule has 2 rings (SSSR count). The fraction of sp³-hybridized carbons (Fsp3) is 0.389. The summed E-state index contributed by atoms with van der Waals surface area (Å²) < 4.78 is 4.87. The average molecular weight is 361 g/mol. The van der Waals surface area contributed by atoms with Crippen LogP contribution in [0.3, 0.4) is 0 Å². The van der Waals surface area contributed by atoms with Crippen molar-refractivity contribution in [3.05, 3.63) is 35.5 Å². The number of hydrogen-bond acceptors (Lipinski definition) is 4. The molecule has 1 aromatic heterocycles. The van der Waals surface area contributed by atoms with E-state index < -0.39 is 0 Å². The molecule has 0 spiro atoms. The van der Waals surface area contributed by atoms with Crippen LogP contribution in [0.15, 0.2) is 24.3 Å². The maximum absolute atomic E-state index is 12.2. The van der Waals surface area contributed by atoms with E-state index in [4.69, 9.17) is 22.7 Å². The van der Waals surface area contributed by atoms with Crippen LogP contribution in [0.2, 0.25) is 0 Å². The van der Waals surface area contributed by atoms with Crippen molar-refractivity contribution in [3.8, 4) is 0 Å². The second-order valence-corrected chi connectivity index (χ2v) is 6.16. The monoisotopic (exact) mass is 361 g/mol. The molecular weight excluding hydrogens is 338 g/mol. The summed E-state index contributed by atoms with van der Waals surface area (Å²) in [6.07, 6.45) is 2.87. The van der Waals surface area contributed by atoms with Crippen LogP contribution < -0.4 is 11.1 Å². The second kappa shape index (κ2) is 9.17. The van der Waals surface area contributed by atoms with Crippen molar-refractivity contribution in [2.24, 2.45) is 5.73 Å². The number of aromatic amines is 1. The highest BCUT2D eigenvalue weighted by Gasteiger charge is 2.10. The van der Waals surface area contributed by atoms with Crippen LogP contribution in [0, 0.1) is 0 Å². The number of amides is 1. The summed E-state index contributed by atoms with van der Waals surface area (Å²) in [6, 6.07) is 7.33. The highest BCUT2D eigenvalue weighted by atomic mass is 32.1. The first-order chi connectivity index (χ1) is 12.0. The van der Waals surface area contributed by atoms with Crippen molar-refractivity contribution in [2.45, 2.75) is 32.6 Å². The Hall–Kier alpha value is -2.41. The van der Waals surface area contributed by atoms with Crippen molar-refractivity contribution < 1.29 is 14.3 Å². The highest BCUT2D eigenvalue weighted by molar-refractivity contribution is 7.80. The normalized spacial score (nSPS) is 10.6. The number of aromatic nitrogens is 1. The molecule has 0 saturated heterocycles. The minimum atomic E-state index is -0.166. The van der Waals surface area contributed by atoms with Crippen LogP contribution >= 0.6 is 12.2 Å². The minimum Gasteiger partial charge on any atom is -0.466 e. The van der Waals surface area contributed by atoms with Gasteiger partial charge >= 0.3 is 5.97 Å². The largest absolute Gasteiger partial charge is 0.466 e. The Labute approximate surface area is 152 Å². The molecule has 1 amide bonds. The molecule has 0 bridgehead atoms. The van der Waals surface area contributed by atoms with E-state index in [9.17, 15) is 9.59 Å². The molecule has 6 nitrogen and oxygen atoms in total. The van der Waals surface area contributed by atoms with Crippen LogP contribution in [0.1, 0.15) is 48.7 Å². The molecule has 25 heavy (non-hydrogen) atoms. The molecule has 0 fully saturated rings. The second-order valence-electron chi connectivity index (χ2n) is 5.72. The number of esters is 1. The number of benzene rings is 1. The fourth-order valence-corrected chi connectivity index (χ4v) is 2.64. The molecule has 0 aliphatic carbocycles. The van der Waals surface area contributed by atoms with Gasteiger partial charge in [-0.2, -0.15) is 0 Å². The summed E-state index contributed by atoms with van der Waals surface area (Å²) in [4.78, 5) is 26.8. The number of ether oxygens (including phenoxy) is 1. The summed E-state index contributed by atoms with van der Waals surface area (Å²) in [5.74, 6) is -0.320. The van der Waals surface area contributed by atoms with E-state index in [0.717, 1.165) is 35.7 Å². The quantitative estimate of drug-likeness (QED) is 0.362. The van der Waals surface area contributed by atoms with Gasteiger partial charge in [-0.25, -0.2) is 0 Å². The van der Waals surface area contributed by atoms with Gasteiger partial charge < -0.3 is 20.8 Å². The molecular formula is C18H23N3O3S. The Kier molecular flexibility index (Phi) is 6.94. The maximum atomic E-state index is 12.2. The lowest BCUT2D eigenvalue weighted by molar-refractivity contribution is -0.143. The molecule has 0 radical (unpaired) electrons. The van der Waals surface area contributed by atoms with Gasteiger partial charge in [0.1, 0.15) is 10.7 Å². The third-order valence-electron chi connectivity index (χ3n) is 3.80. The molecule has 1 heterocycles. The van der Waals surface area contributed by atoms with Crippen LogP contribution in [0.4, 0.5) is 0 Å². The molecule has 134 valence electrons. The van der Waals surface area contributed by atoms with Crippen molar-refractivity contribution in [2.75, 3.05) is 13.2 Å². The van der Waals surface area contributed by atoms with Crippen molar-refractivity contribution >= 4 is 40.0 Å². The predicted octanol–water partition coefficient (Wildman–Crippen LogP) is 2.66. The summed E-state index contributed by atoms with van der Waals surface area (Å²) in [7, 11) is 0. The first-order valence-electron chi connectivity index (χ1n) is 8.37. The molecule has 0 unspecified atom stereocenters. The zero-order valence-electron chi connectivity index (χ0n) is 14.3. The molecule has 0 atom stereocenters. The Morgan fingerprint density at radius 1 is 1.24 bits per heavy atom. The fourth-order valence-electron chi connectivity index (χ4n) is 2.51. The number of nitrogens with two attached hydrogens (primary N) is 1. The third-order valence-corrected chi connectivity index (χ3v) is 4.03. The van der Waals surface area contributed by atoms with Gasteiger partial charge in [-0.1, -0.05) is 18.6 Å². The minimum absolute atomic E-state index is 0.154. The Morgan fingerprint density at radius 3 is 2.76 bits per heavy atom. The van der Waals surface area contributed by atoms with E-state index in [-0.39, 0.29) is 11.9 Å². The number of rotatable bonds is 9. The first kappa shape index (κ1) is 18.9. The molecule has 1 aromatic carbocycles. The lowest BCUT2D eigenvalue weighted by Gasteiger charge is -2.04. The third kappa shape index (κ3) is 5.56. The van der Waals surface area contributed by atoms with Gasteiger partial charge in [-0.05, 0) is 44.0 Å². The number of H-pyrrole nitrogens is 1. The van der Waals surface area contributed by atoms with Crippen molar-refractivity contribution in [1.29, 1.82) is 0 Å². The van der Waals surface area contributed by atoms with Crippen LogP contribution in [-0.2, 0) is 9.53 Å². The number of carbonyl (C=O) groups excluding carboxylic acids is 2. The number of carbonyl (C=O) groups is 2. The number of unbranched alkanes of at least 4 members (excludes halogenated alkanes) is 2. The van der Waals surface area contributed by atoms with Gasteiger partial charge in [0.2, 0.25) is 0 Å². The molecule has 0 aliphatic rings. The van der Waals surface area contributed by atoms with Gasteiger partial charge in [0.25, 0.3) is 5.91 Å². The lowest BCUT2D eigenvalue weighted by atomic mass is 10.1. The summed E-state index contributed by atoms with van der Waals surface area (Å²) in [5.41, 5.74) is 7.76. The SMILES string of the molecule is CCOC(=O)CCCCCNC(=O)c1cc2cc(C(N)=S)ccc2[nH]1. The van der Waals surface area contributed by atoms with E-state index in [1.54, 1.807) is 13.0 Å². The number of thiocarbonyl (C=S) groups is 1. The van der Waals surface area contributed by atoms with E-state index in [0.29, 0.717) is 30.3 Å². The zero-order valence-corrected chi connectivity index (χ0v) is 15.1. The van der Waals surface area contributed by atoms with E-state index in [1.807, 2.05) is 18.2 Å². The van der Waals surface area contributed by atoms with E-state index >= 15 is 0 Å². The molecule has 0 aliphatic heterocycles. The number of hydrogen-bond donors (Lipinski definition) is 3. The van der Waals surface area contributed by atoms with E-state index in [2.05, 4.69) is 10.3 Å². The molecule has 7 heteroatoms. The Balaban J connectivity index is 1.78. The number of fused-ring (bicyclic) bond motifs is 1. The average Bonchev–Trinajstić information content (AvgIpc) is 3.01. The number of nitrogens with one attached hydrogen (secondary N) is 2. The predicted molar refractivity (Wildman–Crippen MR) is 102 cm³/mol. The van der Waals surface area contributed by atoms with Gasteiger partial charge in [-0.15, -0.1) is 0 Å². The van der Waals surface area contributed by atoms with Crippen molar-refractivity contribution in [3.63, 3.8) is 0 Å². The Bertz CT molecular complexity index is 770. The highest BCUT2D eigenvalue weighted by Crippen LogP contribution is 2.17. The molecule has 2 aromatic rings. The summed E-state index contributed by atoms with van der Waals surface area (Å²) in [5, 5.41) is 3.77. The Morgan fingerprint density at radius 2 is 2.04 bits per heavy atom. The van der Waals surface area contributed by atoms with Gasteiger partial charge in [0, 0.05) is 29.4 Å². The summed E-state index contributed by atoms with van der Waals surface area (Å²) in [6.45, 7) is 2.77. The van der Waals surface area contributed by atoms with Gasteiger partial charge in [0.15, 0.2) is 0 Å². The molecule has 0 saturated carbocycles. The lowest BCUT2D eigenvalue weighted by Crippen LogP contribution is -2.24. The van der Waals surface area contributed by atoms with E-state index in [1.165, 1.54) is 0 Å². The van der Waals surface area contributed by atoms with Crippen molar-refractivity contribution in [1.82, 2.24) is 10.3 Å². The van der Waals surface area contributed by atoms with Gasteiger partial charge in [0.05, 0.1) is 6.61 Å². The van der Waals surface area contributed by atoms with Crippen LogP contribution in [0.5, 0.6) is 0 Å². The van der Waals surface area contributed by atoms with Crippen LogP contribution in [0.25, 0.3) is 10.9 Å². The zero-order chi connectivity index (χ0) is 18.2.